The first kappa shape index (κ1) is 17.0. The minimum absolute atomic E-state index is 0.00300. The molecule has 2 atom stereocenters. The van der Waals surface area contributed by atoms with Gasteiger partial charge in [0, 0.05) is 18.4 Å². The standard InChI is InChI=1S/C16H30N2O2/c1-5-18-15(20)13(10-16(2,3)4)12(14(17)19)9-8-11-6-7-11/h11-13H,5-10H2,1-4H3,(H2,17,19)(H,18,20)/t12-,13?/m0/s1. The number of amides is 2. The third-order valence-electron chi connectivity index (χ3n) is 3.95. The predicted molar refractivity (Wildman–Crippen MR) is 80.9 cm³/mol. The second-order valence-electron chi connectivity index (χ2n) is 7.30. The molecule has 3 N–H and O–H groups in total. The van der Waals surface area contributed by atoms with Crippen molar-refractivity contribution in [2.24, 2.45) is 28.9 Å². The van der Waals surface area contributed by atoms with Gasteiger partial charge in [0.1, 0.15) is 0 Å². The summed E-state index contributed by atoms with van der Waals surface area (Å²) in [6, 6.07) is 0. The first-order chi connectivity index (χ1) is 9.24. The number of nitrogens with one attached hydrogen (secondary N) is 1. The van der Waals surface area contributed by atoms with Crippen molar-refractivity contribution in [1.82, 2.24) is 5.32 Å². The molecule has 0 spiro atoms. The van der Waals surface area contributed by atoms with Crippen LogP contribution in [0.4, 0.5) is 0 Å². The van der Waals surface area contributed by atoms with Crippen LogP contribution in [0, 0.1) is 23.2 Å². The van der Waals surface area contributed by atoms with Crippen molar-refractivity contribution >= 4 is 11.8 Å². The third kappa shape index (κ3) is 5.93. The lowest BCUT2D eigenvalue weighted by Gasteiger charge is -2.30. The van der Waals surface area contributed by atoms with E-state index in [9.17, 15) is 9.59 Å². The van der Waals surface area contributed by atoms with Gasteiger partial charge in [-0.15, -0.1) is 0 Å². The summed E-state index contributed by atoms with van der Waals surface area (Å²) in [6.45, 7) is 8.78. The molecule has 0 aromatic heterocycles. The number of carbonyl (C=O) groups is 2. The van der Waals surface area contributed by atoms with Gasteiger partial charge in [-0.25, -0.2) is 0 Å². The van der Waals surface area contributed by atoms with Crippen molar-refractivity contribution in [3.05, 3.63) is 0 Å². The van der Waals surface area contributed by atoms with E-state index in [1.807, 2.05) is 6.92 Å². The van der Waals surface area contributed by atoms with E-state index in [1.54, 1.807) is 0 Å². The summed E-state index contributed by atoms with van der Waals surface area (Å²) in [5.74, 6) is -0.234. The van der Waals surface area contributed by atoms with E-state index < -0.39 is 0 Å². The number of primary amides is 1. The van der Waals surface area contributed by atoms with Crippen molar-refractivity contribution < 1.29 is 9.59 Å². The fourth-order valence-electron chi connectivity index (χ4n) is 2.75. The normalized spacial score (nSPS) is 18.4. The first-order valence-electron chi connectivity index (χ1n) is 7.81. The average Bonchev–Trinajstić information content (AvgIpc) is 3.10. The monoisotopic (exact) mass is 282 g/mol. The van der Waals surface area contributed by atoms with Crippen LogP contribution in [0.3, 0.4) is 0 Å². The van der Waals surface area contributed by atoms with Crippen LogP contribution >= 0.6 is 0 Å². The Morgan fingerprint density at radius 2 is 1.85 bits per heavy atom. The molecule has 116 valence electrons. The second kappa shape index (κ2) is 7.09. The molecular weight excluding hydrogens is 252 g/mol. The Kier molecular flexibility index (Phi) is 6.03. The molecule has 1 fully saturated rings. The Balaban J connectivity index is 2.77. The van der Waals surface area contributed by atoms with Crippen LogP contribution in [0.15, 0.2) is 0 Å². The minimum Gasteiger partial charge on any atom is -0.369 e. The SMILES string of the molecule is CCNC(=O)C(CC(C)(C)C)[C@H](CCC1CC1)C(N)=O. The zero-order valence-corrected chi connectivity index (χ0v) is 13.4. The van der Waals surface area contributed by atoms with Crippen LogP contribution in [0.25, 0.3) is 0 Å². The van der Waals surface area contributed by atoms with Gasteiger partial charge in [-0.3, -0.25) is 9.59 Å². The summed E-state index contributed by atoms with van der Waals surface area (Å²) in [4.78, 5) is 24.1. The zero-order valence-electron chi connectivity index (χ0n) is 13.4. The number of nitrogens with two attached hydrogens (primary N) is 1. The Labute approximate surface area is 122 Å². The highest BCUT2D eigenvalue weighted by Gasteiger charge is 2.36. The van der Waals surface area contributed by atoms with Crippen molar-refractivity contribution in [2.75, 3.05) is 6.54 Å². The average molecular weight is 282 g/mol. The van der Waals surface area contributed by atoms with Crippen molar-refractivity contribution in [3.63, 3.8) is 0 Å². The summed E-state index contributed by atoms with van der Waals surface area (Å²) in [7, 11) is 0. The maximum Gasteiger partial charge on any atom is 0.223 e. The van der Waals surface area contributed by atoms with Crippen molar-refractivity contribution in [3.8, 4) is 0 Å². The molecule has 4 nitrogen and oxygen atoms in total. The molecule has 0 aliphatic heterocycles. The number of hydrogen-bond acceptors (Lipinski definition) is 2. The molecule has 1 aliphatic carbocycles. The summed E-state index contributed by atoms with van der Waals surface area (Å²) < 4.78 is 0. The van der Waals surface area contributed by atoms with Crippen molar-refractivity contribution in [1.29, 1.82) is 0 Å². The molecule has 0 aromatic carbocycles. The number of hydrogen-bond donors (Lipinski definition) is 2. The molecule has 0 bridgehead atoms. The highest BCUT2D eigenvalue weighted by atomic mass is 16.2. The maximum atomic E-state index is 12.3. The summed E-state index contributed by atoms with van der Waals surface area (Å²) in [5.41, 5.74) is 5.58. The maximum absolute atomic E-state index is 12.3. The quantitative estimate of drug-likeness (QED) is 0.718. The molecule has 1 aliphatic rings. The van der Waals surface area contributed by atoms with E-state index in [4.69, 9.17) is 5.73 Å². The van der Waals surface area contributed by atoms with Gasteiger partial charge in [-0.2, -0.15) is 0 Å². The highest BCUT2D eigenvalue weighted by molar-refractivity contribution is 5.86. The Bertz CT molecular complexity index is 343. The molecule has 2 amide bonds. The zero-order chi connectivity index (χ0) is 15.3. The van der Waals surface area contributed by atoms with Gasteiger partial charge < -0.3 is 11.1 Å². The molecule has 1 rings (SSSR count). The molecule has 20 heavy (non-hydrogen) atoms. The fraction of sp³-hybridized carbons (Fsp3) is 0.875. The van der Waals surface area contributed by atoms with E-state index in [-0.39, 0.29) is 29.1 Å². The van der Waals surface area contributed by atoms with E-state index >= 15 is 0 Å². The predicted octanol–water partition coefficient (Wildman–Crippen LogP) is 2.47. The highest BCUT2D eigenvalue weighted by Crippen LogP contribution is 2.37. The Hall–Kier alpha value is -1.06. The third-order valence-corrected chi connectivity index (χ3v) is 3.95. The summed E-state index contributed by atoms with van der Waals surface area (Å²) in [6.07, 6.45) is 4.98. The fourth-order valence-corrected chi connectivity index (χ4v) is 2.75. The van der Waals surface area contributed by atoms with Crippen molar-refractivity contribution in [2.45, 2.75) is 59.8 Å². The molecule has 1 unspecified atom stereocenters. The van der Waals surface area contributed by atoms with Crippen LogP contribution < -0.4 is 11.1 Å². The topological polar surface area (TPSA) is 72.2 Å². The molecule has 0 aromatic rings. The second-order valence-corrected chi connectivity index (χ2v) is 7.30. The van der Waals surface area contributed by atoms with E-state index in [1.165, 1.54) is 12.8 Å². The van der Waals surface area contributed by atoms with E-state index in [0.717, 1.165) is 18.8 Å². The molecule has 0 heterocycles. The largest absolute Gasteiger partial charge is 0.369 e. The van der Waals surface area contributed by atoms with Crippen LogP contribution in [-0.4, -0.2) is 18.4 Å². The van der Waals surface area contributed by atoms with Crippen LogP contribution in [0.1, 0.15) is 59.8 Å². The lowest BCUT2D eigenvalue weighted by atomic mass is 9.76. The van der Waals surface area contributed by atoms with Crippen LogP contribution in [0.5, 0.6) is 0 Å². The van der Waals surface area contributed by atoms with Gasteiger partial charge >= 0.3 is 0 Å². The van der Waals surface area contributed by atoms with Gasteiger partial charge in [0.15, 0.2) is 0 Å². The molecule has 0 radical (unpaired) electrons. The number of carbonyl (C=O) groups excluding carboxylic acids is 2. The number of rotatable bonds is 8. The summed E-state index contributed by atoms with van der Waals surface area (Å²) >= 11 is 0. The lowest BCUT2D eigenvalue weighted by Crippen LogP contribution is -2.42. The van der Waals surface area contributed by atoms with Gasteiger partial charge in [-0.05, 0) is 37.5 Å². The van der Waals surface area contributed by atoms with Gasteiger partial charge in [-0.1, -0.05) is 33.6 Å². The smallest absolute Gasteiger partial charge is 0.223 e. The van der Waals surface area contributed by atoms with Crippen LogP contribution in [0.2, 0.25) is 0 Å². The van der Waals surface area contributed by atoms with Crippen LogP contribution in [-0.2, 0) is 9.59 Å². The minimum atomic E-state index is -0.332. The van der Waals surface area contributed by atoms with E-state index in [2.05, 4.69) is 26.1 Å². The summed E-state index contributed by atoms with van der Waals surface area (Å²) in [5, 5.41) is 2.86. The first-order valence-corrected chi connectivity index (χ1v) is 7.81. The Morgan fingerprint density at radius 1 is 1.25 bits per heavy atom. The molecule has 0 saturated heterocycles. The molecule has 4 heteroatoms. The van der Waals surface area contributed by atoms with Gasteiger partial charge in [0.2, 0.25) is 11.8 Å². The Morgan fingerprint density at radius 3 is 2.25 bits per heavy atom. The molecular formula is C16H30N2O2. The van der Waals surface area contributed by atoms with E-state index in [0.29, 0.717) is 13.0 Å². The molecule has 1 saturated carbocycles. The van der Waals surface area contributed by atoms with Gasteiger partial charge in [0.05, 0.1) is 0 Å². The lowest BCUT2D eigenvalue weighted by molar-refractivity contribution is -0.134. The van der Waals surface area contributed by atoms with Gasteiger partial charge in [0.25, 0.3) is 0 Å².